The summed E-state index contributed by atoms with van der Waals surface area (Å²) >= 11 is 0. The highest BCUT2D eigenvalue weighted by Gasteiger charge is 2.17. The summed E-state index contributed by atoms with van der Waals surface area (Å²) in [5.74, 6) is -0.500. The van der Waals surface area contributed by atoms with E-state index >= 15 is 0 Å². The van der Waals surface area contributed by atoms with Crippen LogP contribution in [0.2, 0.25) is 0 Å². The summed E-state index contributed by atoms with van der Waals surface area (Å²) in [4.78, 5) is 33.0. The van der Waals surface area contributed by atoms with E-state index in [0.29, 0.717) is 12.0 Å². The van der Waals surface area contributed by atoms with E-state index < -0.39 is 10.8 Å². The third kappa shape index (κ3) is 4.39. The van der Waals surface area contributed by atoms with Gasteiger partial charge in [-0.2, -0.15) is 0 Å². The van der Waals surface area contributed by atoms with E-state index in [-0.39, 0.29) is 23.6 Å². The number of nitro groups is 1. The summed E-state index contributed by atoms with van der Waals surface area (Å²) in [6.45, 7) is 1.63. The average Bonchev–Trinajstić information content (AvgIpc) is 2.59. The van der Waals surface area contributed by atoms with Crippen molar-refractivity contribution in [2.24, 2.45) is 0 Å². The number of aldehydes is 1. The third-order valence-electron chi connectivity index (χ3n) is 3.29. The van der Waals surface area contributed by atoms with Gasteiger partial charge in [0, 0.05) is 17.3 Å². The molecule has 0 aliphatic heterocycles. The zero-order chi connectivity index (χ0) is 17.5. The van der Waals surface area contributed by atoms with Crippen LogP contribution in [-0.2, 0) is 11.2 Å². The Labute approximate surface area is 138 Å². The molecule has 0 bridgehead atoms. The summed E-state index contributed by atoms with van der Waals surface area (Å²) in [5, 5.41) is 13.7. The maximum Gasteiger partial charge on any atom is 0.311 e. The van der Waals surface area contributed by atoms with Gasteiger partial charge in [-0.25, -0.2) is 0 Å². The Morgan fingerprint density at radius 1 is 1.29 bits per heavy atom. The van der Waals surface area contributed by atoms with Crippen molar-refractivity contribution in [3.05, 3.63) is 63.7 Å². The summed E-state index contributed by atoms with van der Waals surface area (Å²) in [6.07, 6.45) is 1.35. The first-order valence-electron chi connectivity index (χ1n) is 7.28. The molecule has 0 aliphatic rings. The molecular weight excluding hydrogens is 312 g/mol. The van der Waals surface area contributed by atoms with Crippen LogP contribution in [-0.4, -0.2) is 23.7 Å². The molecule has 1 amide bonds. The molecule has 7 nitrogen and oxygen atoms in total. The van der Waals surface area contributed by atoms with Crippen molar-refractivity contribution in [2.75, 3.05) is 11.9 Å². The molecule has 0 radical (unpaired) electrons. The Balaban J connectivity index is 2.03. The molecular formula is C17H16N2O5. The number of carbonyl (C=O) groups is 2. The molecule has 2 aromatic carbocycles. The highest BCUT2D eigenvalue weighted by atomic mass is 16.6. The molecule has 0 saturated heterocycles. The number of hydrogen-bond acceptors (Lipinski definition) is 5. The second-order valence-corrected chi connectivity index (χ2v) is 4.99. The standard InChI is InChI=1S/C17H16N2O5/c1-2-12-4-3-5-14(8-12)18-17(21)11-24-16-7-6-13(10-20)9-15(16)19(22)23/h3-10H,2,11H2,1H3,(H,18,21). The molecule has 2 rings (SSSR count). The second kappa shape index (κ2) is 7.87. The molecule has 2 aromatic rings. The van der Waals surface area contributed by atoms with Crippen molar-refractivity contribution in [2.45, 2.75) is 13.3 Å². The van der Waals surface area contributed by atoms with E-state index in [1.54, 1.807) is 6.07 Å². The van der Waals surface area contributed by atoms with Gasteiger partial charge >= 0.3 is 5.69 Å². The van der Waals surface area contributed by atoms with Gasteiger partial charge in [0.05, 0.1) is 4.92 Å². The van der Waals surface area contributed by atoms with Gasteiger partial charge in [-0.05, 0) is 36.2 Å². The van der Waals surface area contributed by atoms with Crippen LogP contribution in [0.5, 0.6) is 5.75 Å². The highest BCUT2D eigenvalue weighted by Crippen LogP contribution is 2.27. The number of nitrogens with zero attached hydrogens (tertiary/aromatic N) is 1. The Kier molecular flexibility index (Phi) is 5.62. The van der Waals surface area contributed by atoms with E-state index in [1.165, 1.54) is 12.1 Å². The number of carbonyl (C=O) groups excluding carboxylic acids is 2. The number of amides is 1. The van der Waals surface area contributed by atoms with Crippen LogP contribution in [0.15, 0.2) is 42.5 Å². The fourth-order valence-corrected chi connectivity index (χ4v) is 2.08. The normalized spacial score (nSPS) is 10.0. The lowest BCUT2D eigenvalue weighted by Gasteiger charge is -2.09. The largest absolute Gasteiger partial charge is 0.477 e. The van der Waals surface area contributed by atoms with Gasteiger partial charge in [0.2, 0.25) is 0 Å². The Hall–Kier alpha value is -3.22. The molecule has 0 unspecified atom stereocenters. The quantitative estimate of drug-likeness (QED) is 0.478. The molecule has 0 fully saturated rings. The summed E-state index contributed by atoms with van der Waals surface area (Å²) in [7, 11) is 0. The van der Waals surface area contributed by atoms with Crippen LogP contribution in [0.25, 0.3) is 0 Å². The first-order chi connectivity index (χ1) is 11.5. The van der Waals surface area contributed by atoms with E-state index in [9.17, 15) is 19.7 Å². The topological polar surface area (TPSA) is 98.5 Å². The lowest BCUT2D eigenvalue weighted by Crippen LogP contribution is -2.20. The summed E-state index contributed by atoms with van der Waals surface area (Å²) < 4.78 is 5.22. The smallest absolute Gasteiger partial charge is 0.311 e. The molecule has 7 heteroatoms. The lowest BCUT2D eigenvalue weighted by atomic mass is 10.1. The van der Waals surface area contributed by atoms with Gasteiger partial charge in [0.15, 0.2) is 12.4 Å². The van der Waals surface area contributed by atoms with Crippen molar-refractivity contribution >= 4 is 23.6 Å². The molecule has 0 heterocycles. The van der Waals surface area contributed by atoms with Gasteiger partial charge in [0.25, 0.3) is 5.91 Å². The molecule has 0 saturated carbocycles. The van der Waals surface area contributed by atoms with E-state index in [1.807, 2.05) is 25.1 Å². The van der Waals surface area contributed by atoms with Crippen LogP contribution in [0.4, 0.5) is 11.4 Å². The van der Waals surface area contributed by atoms with E-state index in [4.69, 9.17) is 4.74 Å². The number of nitro benzene ring substituents is 1. The number of nitrogens with one attached hydrogen (secondary N) is 1. The zero-order valence-corrected chi connectivity index (χ0v) is 13.0. The average molecular weight is 328 g/mol. The predicted octanol–water partition coefficient (Wildman–Crippen LogP) is 2.99. The third-order valence-corrected chi connectivity index (χ3v) is 3.29. The first-order valence-corrected chi connectivity index (χ1v) is 7.28. The van der Waals surface area contributed by atoms with Gasteiger partial charge in [-0.3, -0.25) is 19.7 Å². The minimum Gasteiger partial charge on any atom is -0.477 e. The maximum atomic E-state index is 11.9. The molecule has 0 aliphatic carbocycles. The number of hydrogen-bond donors (Lipinski definition) is 1. The Morgan fingerprint density at radius 2 is 2.08 bits per heavy atom. The summed E-state index contributed by atoms with van der Waals surface area (Å²) in [5.41, 5.74) is 1.51. The fraction of sp³-hybridized carbons (Fsp3) is 0.176. The Bertz CT molecular complexity index is 773. The van der Waals surface area contributed by atoms with Gasteiger partial charge in [-0.15, -0.1) is 0 Å². The highest BCUT2D eigenvalue weighted by molar-refractivity contribution is 5.92. The lowest BCUT2D eigenvalue weighted by molar-refractivity contribution is -0.385. The molecule has 0 atom stereocenters. The monoisotopic (exact) mass is 328 g/mol. The Morgan fingerprint density at radius 3 is 2.75 bits per heavy atom. The van der Waals surface area contributed by atoms with Crippen molar-refractivity contribution in [1.82, 2.24) is 0 Å². The molecule has 24 heavy (non-hydrogen) atoms. The molecule has 0 spiro atoms. The van der Waals surface area contributed by atoms with Crippen molar-refractivity contribution in [3.63, 3.8) is 0 Å². The van der Waals surface area contributed by atoms with Crippen LogP contribution in [0.1, 0.15) is 22.8 Å². The number of ether oxygens (including phenoxy) is 1. The number of rotatable bonds is 7. The van der Waals surface area contributed by atoms with E-state index in [0.717, 1.165) is 18.1 Å². The van der Waals surface area contributed by atoms with Gasteiger partial charge < -0.3 is 10.1 Å². The van der Waals surface area contributed by atoms with Crippen molar-refractivity contribution in [1.29, 1.82) is 0 Å². The second-order valence-electron chi connectivity index (χ2n) is 4.99. The van der Waals surface area contributed by atoms with Crippen molar-refractivity contribution < 1.29 is 19.2 Å². The van der Waals surface area contributed by atoms with Crippen molar-refractivity contribution in [3.8, 4) is 5.75 Å². The number of anilines is 1. The first kappa shape index (κ1) is 17.1. The van der Waals surface area contributed by atoms with Crippen LogP contribution in [0.3, 0.4) is 0 Å². The SMILES string of the molecule is CCc1cccc(NC(=O)COc2ccc(C=O)cc2[N+](=O)[O-])c1. The number of benzene rings is 2. The van der Waals surface area contributed by atoms with Gasteiger partial charge in [-0.1, -0.05) is 19.1 Å². The molecule has 0 aromatic heterocycles. The zero-order valence-electron chi connectivity index (χ0n) is 13.0. The van der Waals surface area contributed by atoms with Gasteiger partial charge in [0.1, 0.15) is 6.29 Å². The molecule has 124 valence electrons. The van der Waals surface area contributed by atoms with Crippen LogP contribution >= 0.6 is 0 Å². The summed E-state index contributed by atoms with van der Waals surface area (Å²) in [6, 6.07) is 11.2. The maximum absolute atomic E-state index is 11.9. The molecule has 1 N–H and O–H groups in total. The minimum absolute atomic E-state index is 0.0666. The van der Waals surface area contributed by atoms with Crippen LogP contribution in [0, 0.1) is 10.1 Å². The number of aryl methyl sites for hydroxylation is 1. The predicted molar refractivity (Wildman–Crippen MR) is 88.4 cm³/mol. The van der Waals surface area contributed by atoms with Crippen LogP contribution < -0.4 is 10.1 Å². The van der Waals surface area contributed by atoms with E-state index in [2.05, 4.69) is 5.32 Å². The fourth-order valence-electron chi connectivity index (χ4n) is 2.08. The minimum atomic E-state index is -0.662.